The van der Waals surface area contributed by atoms with Crippen molar-refractivity contribution in [2.75, 3.05) is 5.75 Å². The molecule has 1 aromatic carbocycles. The molecule has 0 bridgehead atoms. The Labute approximate surface area is 200 Å². The summed E-state index contributed by atoms with van der Waals surface area (Å²) in [7, 11) is 0. The van der Waals surface area contributed by atoms with Gasteiger partial charge in [0.05, 0.1) is 18.6 Å². The molecule has 0 saturated heterocycles. The number of carboxylic acid groups (broad SMARTS) is 1. The molecule has 0 aliphatic heterocycles. The van der Waals surface area contributed by atoms with E-state index in [1.54, 1.807) is 0 Å². The number of amides is 4. The molecule has 0 aromatic heterocycles. The van der Waals surface area contributed by atoms with Gasteiger partial charge in [0.1, 0.15) is 23.9 Å². The third-order valence-corrected chi connectivity index (χ3v) is 4.99. The van der Waals surface area contributed by atoms with Crippen molar-refractivity contribution in [3.8, 4) is 5.75 Å². The summed E-state index contributed by atoms with van der Waals surface area (Å²) < 4.78 is 0. The standard InChI is InChI=1S/C20H29N5O8S/c1-9(26)16(25-17(29)12(21)7-15(22)28)19(31)24-14(8-34)18(30)23-13(20(32)33)6-10-2-4-11(27)5-3-10/h2-5,9,12-14,16,26-27,34H,6-8,21H2,1H3,(H2,22,28)(H,23,30)(H,24,31)(H,25,29)(H,32,33). The number of primary amides is 1. The number of nitrogens with two attached hydrogens (primary N) is 2. The lowest BCUT2D eigenvalue weighted by atomic mass is 10.1. The highest BCUT2D eigenvalue weighted by Gasteiger charge is 2.32. The van der Waals surface area contributed by atoms with Gasteiger partial charge in [0.15, 0.2) is 0 Å². The fourth-order valence-corrected chi connectivity index (χ4v) is 3.03. The zero-order valence-corrected chi connectivity index (χ0v) is 19.2. The van der Waals surface area contributed by atoms with Crippen LogP contribution in [-0.2, 0) is 30.4 Å². The molecule has 14 heteroatoms. The molecule has 0 saturated carbocycles. The van der Waals surface area contributed by atoms with Crippen molar-refractivity contribution in [3.63, 3.8) is 0 Å². The predicted octanol–water partition coefficient (Wildman–Crippen LogP) is -3.01. The summed E-state index contributed by atoms with van der Waals surface area (Å²) in [6.45, 7) is 1.21. The van der Waals surface area contributed by atoms with Crippen LogP contribution in [0.15, 0.2) is 24.3 Å². The number of carbonyl (C=O) groups is 5. The highest BCUT2D eigenvalue weighted by molar-refractivity contribution is 7.80. The third-order valence-electron chi connectivity index (χ3n) is 4.63. The molecular weight excluding hydrogens is 470 g/mol. The molecule has 10 N–H and O–H groups in total. The predicted molar refractivity (Wildman–Crippen MR) is 123 cm³/mol. The van der Waals surface area contributed by atoms with Crippen molar-refractivity contribution in [1.82, 2.24) is 16.0 Å². The summed E-state index contributed by atoms with van der Waals surface area (Å²) in [4.78, 5) is 59.8. The van der Waals surface area contributed by atoms with Gasteiger partial charge in [-0.25, -0.2) is 4.79 Å². The molecular formula is C20H29N5O8S. The largest absolute Gasteiger partial charge is 0.508 e. The van der Waals surface area contributed by atoms with Crippen LogP contribution in [0.1, 0.15) is 18.9 Å². The zero-order chi connectivity index (χ0) is 26.0. The van der Waals surface area contributed by atoms with Gasteiger partial charge in [0, 0.05) is 12.2 Å². The van der Waals surface area contributed by atoms with E-state index in [1.165, 1.54) is 31.2 Å². The second kappa shape index (κ2) is 13.4. The molecule has 1 rings (SSSR count). The zero-order valence-electron chi connectivity index (χ0n) is 18.3. The van der Waals surface area contributed by atoms with Crippen LogP contribution >= 0.6 is 12.6 Å². The van der Waals surface area contributed by atoms with E-state index in [9.17, 15) is 39.3 Å². The SMILES string of the molecule is CC(O)C(NC(=O)C(N)CC(N)=O)C(=O)NC(CS)C(=O)NC(Cc1ccc(O)cc1)C(=O)O. The van der Waals surface area contributed by atoms with Crippen LogP contribution in [0.5, 0.6) is 5.75 Å². The number of phenols is 1. The van der Waals surface area contributed by atoms with Crippen molar-refractivity contribution in [2.45, 2.75) is 50.0 Å². The number of benzene rings is 1. The molecule has 1 aromatic rings. The fraction of sp³-hybridized carbons (Fsp3) is 0.450. The van der Waals surface area contributed by atoms with E-state index >= 15 is 0 Å². The lowest BCUT2D eigenvalue weighted by Crippen LogP contribution is -2.60. The first kappa shape index (κ1) is 28.7. The highest BCUT2D eigenvalue weighted by Crippen LogP contribution is 2.11. The lowest BCUT2D eigenvalue weighted by Gasteiger charge is -2.25. The monoisotopic (exact) mass is 499 g/mol. The Kier molecular flexibility index (Phi) is 11.3. The average molecular weight is 500 g/mol. The average Bonchev–Trinajstić information content (AvgIpc) is 2.75. The van der Waals surface area contributed by atoms with Crippen LogP contribution < -0.4 is 27.4 Å². The smallest absolute Gasteiger partial charge is 0.326 e. The second-order valence-electron chi connectivity index (χ2n) is 7.52. The van der Waals surface area contributed by atoms with Crippen molar-refractivity contribution >= 4 is 42.2 Å². The van der Waals surface area contributed by atoms with Gasteiger partial charge in [-0.3, -0.25) is 19.2 Å². The molecule has 0 fully saturated rings. The van der Waals surface area contributed by atoms with Crippen molar-refractivity contribution in [3.05, 3.63) is 29.8 Å². The molecule has 4 amide bonds. The minimum Gasteiger partial charge on any atom is -0.508 e. The fourth-order valence-electron chi connectivity index (χ4n) is 2.77. The van der Waals surface area contributed by atoms with Gasteiger partial charge >= 0.3 is 5.97 Å². The van der Waals surface area contributed by atoms with Crippen molar-refractivity contribution in [1.29, 1.82) is 0 Å². The summed E-state index contributed by atoms with van der Waals surface area (Å²) in [6.07, 6.45) is -1.99. The van der Waals surface area contributed by atoms with E-state index in [1.807, 2.05) is 0 Å². The molecule has 188 valence electrons. The van der Waals surface area contributed by atoms with E-state index in [2.05, 4.69) is 28.6 Å². The Balaban J connectivity index is 2.85. The van der Waals surface area contributed by atoms with Crippen molar-refractivity contribution in [2.24, 2.45) is 11.5 Å². The quantitative estimate of drug-likeness (QED) is 0.125. The molecule has 5 unspecified atom stereocenters. The highest BCUT2D eigenvalue weighted by atomic mass is 32.1. The molecule has 0 aliphatic carbocycles. The molecule has 0 heterocycles. The van der Waals surface area contributed by atoms with Gasteiger partial charge in [0.25, 0.3) is 0 Å². The minimum atomic E-state index is -1.53. The first-order valence-electron chi connectivity index (χ1n) is 10.1. The summed E-state index contributed by atoms with van der Waals surface area (Å²) in [5.41, 5.74) is 11.0. The van der Waals surface area contributed by atoms with E-state index in [0.717, 1.165) is 0 Å². The van der Waals surface area contributed by atoms with Gasteiger partial charge in [-0.2, -0.15) is 12.6 Å². The van der Waals surface area contributed by atoms with Crippen LogP contribution in [0, 0.1) is 0 Å². The Hall–Kier alpha value is -3.36. The maximum atomic E-state index is 12.6. The van der Waals surface area contributed by atoms with E-state index in [0.29, 0.717) is 5.56 Å². The third kappa shape index (κ3) is 9.25. The van der Waals surface area contributed by atoms with Crippen molar-refractivity contribution < 1.29 is 39.3 Å². The Morgan fingerprint density at radius 2 is 1.53 bits per heavy atom. The second-order valence-corrected chi connectivity index (χ2v) is 7.88. The van der Waals surface area contributed by atoms with Gasteiger partial charge in [-0.05, 0) is 24.6 Å². The number of rotatable bonds is 13. The van der Waals surface area contributed by atoms with Crippen LogP contribution in [0.25, 0.3) is 0 Å². The summed E-state index contributed by atoms with van der Waals surface area (Å²) in [5, 5.41) is 35.5. The lowest BCUT2D eigenvalue weighted by molar-refractivity contribution is -0.142. The number of aliphatic hydroxyl groups excluding tert-OH is 1. The first-order valence-corrected chi connectivity index (χ1v) is 10.7. The Morgan fingerprint density at radius 1 is 0.971 bits per heavy atom. The number of carboxylic acids is 1. The molecule has 0 aliphatic rings. The molecule has 5 atom stereocenters. The summed E-state index contributed by atoms with van der Waals surface area (Å²) in [5.74, 6) is -5.16. The number of aliphatic carboxylic acids is 1. The van der Waals surface area contributed by atoms with E-state index in [4.69, 9.17) is 11.5 Å². The normalized spacial score (nSPS) is 15.2. The van der Waals surface area contributed by atoms with Crippen LogP contribution in [-0.4, -0.2) is 80.9 Å². The number of thiol groups is 1. The van der Waals surface area contributed by atoms with Crippen LogP contribution in [0.2, 0.25) is 0 Å². The summed E-state index contributed by atoms with van der Waals surface area (Å²) in [6, 6.07) is 0.174. The summed E-state index contributed by atoms with van der Waals surface area (Å²) >= 11 is 4.00. The van der Waals surface area contributed by atoms with E-state index in [-0.39, 0.29) is 17.9 Å². The van der Waals surface area contributed by atoms with Gasteiger partial charge < -0.3 is 42.7 Å². The molecule has 13 nitrogen and oxygen atoms in total. The number of hydrogen-bond acceptors (Lipinski definition) is 9. The number of nitrogens with one attached hydrogen (secondary N) is 3. The van der Waals surface area contributed by atoms with Gasteiger partial charge in [-0.1, -0.05) is 12.1 Å². The molecule has 0 radical (unpaired) electrons. The number of hydrogen-bond donors (Lipinski definition) is 9. The van der Waals surface area contributed by atoms with Gasteiger partial charge in [0.2, 0.25) is 23.6 Å². The number of carbonyl (C=O) groups excluding carboxylic acids is 4. The van der Waals surface area contributed by atoms with Gasteiger partial charge in [-0.15, -0.1) is 0 Å². The van der Waals surface area contributed by atoms with Crippen LogP contribution in [0.4, 0.5) is 0 Å². The van der Waals surface area contributed by atoms with E-state index < -0.39 is 66.3 Å². The topological polar surface area (TPSA) is 234 Å². The minimum absolute atomic E-state index is 0.00662. The number of aliphatic hydroxyl groups is 1. The Morgan fingerprint density at radius 3 is 2.00 bits per heavy atom. The molecule has 0 spiro atoms. The number of phenolic OH excluding ortho intramolecular Hbond substituents is 1. The Bertz CT molecular complexity index is 895. The first-order chi connectivity index (χ1) is 15.8. The van der Waals surface area contributed by atoms with Crippen LogP contribution in [0.3, 0.4) is 0 Å². The maximum Gasteiger partial charge on any atom is 0.326 e. The maximum absolute atomic E-state index is 12.6. The molecule has 34 heavy (non-hydrogen) atoms. The number of aromatic hydroxyl groups is 1.